The Kier molecular flexibility index (Phi) is 10.6. The van der Waals surface area contributed by atoms with Crippen molar-refractivity contribution in [1.29, 1.82) is 0 Å². The molecule has 8 heteroatoms. The van der Waals surface area contributed by atoms with E-state index in [0.717, 1.165) is 24.8 Å². The summed E-state index contributed by atoms with van der Waals surface area (Å²) in [6.07, 6.45) is 3.66. The van der Waals surface area contributed by atoms with Gasteiger partial charge in [-0.25, -0.2) is 0 Å². The molecule has 0 spiro atoms. The van der Waals surface area contributed by atoms with Crippen molar-refractivity contribution in [2.45, 2.75) is 46.5 Å². The van der Waals surface area contributed by atoms with E-state index in [1.165, 1.54) is 4.90 Å². The molecule has 1 aliphatic heterocycles. The number of hydrogen-bond acceptors (Lipinski definition) is 5. The van der Waals surface area contributed by atoms with Gasteiger partial charge in [0.25, 0.3) is 0 Å². The Balaban J connectivity index is 0.00000420. The number of benzene rings is 1. The fourth-order valence-electron chi connectivity index (χ4n) is 2.64. The first-order chi connectivity index (χ1) is 13.5. The molecule has 29 heavy (non-hydrogen) atoms. The topological polar surface area (TPSA) is 105 Å². The minimum Gasteiger partial charge on any atom is -0.362 e. The molecule has 0 aliphatic carbocycles. The second-order valence-electron chi connectivity index (χ2n) is 6.66. The normalized spacial score (nSPS) is 12.6. The summed E-state index contributed by atoms with van der Waals surface area (Å²) in [5.41, 5.74) is 1.33. The second-order valence-corrected chi connectivity index (χ2v) is 6.66. The highest BCUT2D eigenvalue weighted by molar-refractivity contribution is 6.00. The SMILES string of the molecule is C.CCCCCNC(=O)COCC(=O)Nc1ccc(CC(=O)N2CCC2=O)cc1. The summed E-state index contributed by atoms with van der Waals surface area (Å²) in [6.45, 7) is 2.81. The van der Waals surface area contributed by atoms with Crippen LogP contribution in [0.1, 0.15) is 45.6 Å². The number of likely N-dealkylation sites (tertiary alicyclic amines) is 1. The number of imide groups is 1. The molecule has 1 aromatic rings. The van der Waals surface area contributed by atoms with Gasteiger partial charge in [0.1, 0.15) is 13.2 Å². The zero-order valence-electron chi connectivity index (χ0n) is 16.2. The van der Waals surface area contributed by atoms with Gasteiger partial charge in [0.05, 0.1) is 6.42 Å². The Bertz CT molecular complexity index is 703. The number of rotatable bonds is 11. The van der Waals surface area contributed by atoms with Crippen LogP contribution in [0, 0.1) is 0 Å². The van der Waals surface area contributed by atoms with Crippen LogP contribution in [0.5, 0.6) is 0 Å². The summed E-state index contributed by atoms with van der Waals surface area (Å²) in [5.74, 6) is -0.953. The van der Waals surface area contributed by atoms with E-state index in [2.05, 4.69) is 17.6 Å². The molecule has 0 radical (unpaired) electrons. The number of anilines is 1. The number of nitrogens with zero attached hydrogens (tertiary/aromatic N) is 1. The Labute approximate surface area is 172 Å². The first-order valence-corrected chi connectivity index (χ1v) is 9.56. The molecule has 160 valence electrons. The summed E-state index contributed by atoms with van der Waals surface area (Å²) in [6, 6.07) is 6.81. The summed E-state index contributed by atoms with van der Waals surface area (Å²) in [7, 11) is 0. The zero-order chi connectivity index (χ0) is 20.4. The van der Waals surface area contributed by atoms with Crippen LogP contribution < -0.4 is 10.6 Å². The van der Waals surface area contributed by atoms with E-state index in [9.17, 15) is 19.2 Å². The van der Waals surface area contributed by atoms with Gasteiger partial charge in [-0.05, 0) is 24.1 Å². The van der Waals surface area contributed by atoms with E-state index < -0.39 is 0 Å². The molecule has 4 amide bonds. The van der Waals surface area contributed by atoms with E-state index >= 15 is 0 Å². The second kappa shape index (κ2) is 12.7. The van der Waals surface area contributed by atoms with Crippen molar-refractivity contribution >= 4 is 29.3 Å². The van der Waals surface area contributed by atoms with Crippen molar-refractivity contribution < 1.29 is 23.9 Å². The number of β-lactam (4-membered cyclic amide) rings is 1. The third-order valence-electron chi connectivity index (χ3n) is 4.31. The molecule has 0 aromatic heterocycles. The van der Waals surface area contributed by atoms with Gasteiger partial charge in [0.15, 0.2) is 0 Å². The molecule has 0 atom stereocenters. The maximum Gasteiger partial charge on any atom is 0.250 e. The van der Waals surface area contributed by atoms with E-state index in [4.69, 9.17) is 4.74 Å². The molecule has 2 rings (SSSR count). The first kappa shape index (κ1) is 24.3. The molecule has 1 heterocycles. The number of carbonyl (C=O) groups excluding carboxylic acids is 4. The van der Waals surface area contributed by atoms with Crippen molar-refractivity contribution in [2.24, 2.45) is 0 Å². The molecular formula is C21H31N3O5. The lowest BCUT2D eigenvalue weighted by molar-refractivity contribution is -0.152. The van der Waals surface area contributed by atoms with Crippen LogP contribution in [0.15, 0.2) is 24.3 Å². The number of ether oxygens (including phenoxy) is 1. The molecular weight excluding hydrogens is 374 g/mol. The fourth-order valence-corrected chi connectivity index (χ4v) is 2.64. The van der Waals surface area contributed by atoms with Crippen molar-refractivity contribution in [3.63, 3.8) is 0 Å². The van der Waals surface area contributed by atoms with Crippen LogP contribution in [-0.2, 0) is 30.3 Å². The van der Waals surface area contributed by atoms with Crippen molar-refractivity contribution in [1.82, 2.24) is 10.2 Å². The highest BCUT2D eigenvalue weighted by Gasteiger charge is 2.29. The molecule has 1 saturated heterocycles. The van der Waals surface area contributed by atoms with Gasteiger partial charge in [0.2, 0.25) is 23.6 Å². The predicted octanol–water partition coefficient (Wildman–Crippen LogP) is 1.89. The Hall–Kier alpha value is -2.74. The Morgan fingerprint density at radius 1 is 1.07 bits per heavy atom. The minimum absolute atomic E-state index is 0. The minimum atomic E-state index is -0.367. The van der Waals surface area contributed by atoms with Gasteiger partial charge in [-0.1, -0.05) is 39.3 Å². The molecule has 0 bridgehead atoms. The molecule has 0 unspecified atom stereocenters. The highest BCUT2D eigenvalue weighted by Crippen LogP contribution is 2.14. The molecule has 1 fully saturated rings. The molecule has 1 aromatic carbocycles. The summed E-state index contributed by atoms with van der Waals surface area (Å²) < 4.78 is 5.11. The quantitative estimate of drug-likeness (QED) is 0.432. The maximum absolute atomic E-state index is 11.9. The summed E-state index contributed by atoms with van der Waals surface area (Å²) >= 11 is 0. The zero-order valence-corrected chi connectivity index (χ0v) is 16.2. The van der Waals surface area contributed by atoms with Gasteiger partial charge in [-0.15, -0.1) is 0 Å². The lowest BCUT2D eigenvalue weighted by Gasteiger charge is -2.28. The van der Waals surface area contributed by atoms with Gasteiger partial charge in [0, 0.05) is 25.2 Å². The third kappa shape index (κ3) is 8.43. The van der Waals surface area contributed by atoms with Crippen molar-refractivity contribution in [3.8, 4) is 0 Å². The monoisotopic (exact) mass is 405 g/mol. The van der Waals surface area contributed by atoms with Gasteiger partial charge in [-0.2, -0.15) is 0 Å². The van der Waals surface area contributed by atoms with E-state index in [0.29, 0.717) is 25.2 Å². The number of amides is 4. The highest BCUT2D eigenvalue weighted by atomic mass is 16.5. The average Bonchev–Trinajstić information content (AvgIpc) is 2.65. The number of unbranched alkanes of at least 4 members (excludes halogenated alkanes) is 2. The molecule has 8 nitrogen and oxygen atoms in total. The number of carbonyl (C=O) groups is 4. The first-order valence-electron chi connectivity index (χ1n) is 9.56. The lowest BCUT2D eigenvalue weighted by Crippen LogP contribution is -2.48. The van der Waals surface area contributed by atoms with Crippen LogP contribution >= 0.6 is 0 Å². The molecule has 2 N–H and O–H groups in total. The van der Waals surface area contributed by atoms with E-state index in [-0.39, 0.29) is 50.7 Å². The van der Waals surface area contributed by atoms with Crippen LogP contribution in [-0.4, -0.2) is 54.8 Å². The van der Waals surface area contributed by atoms with Crippen LogP contribution in [0.4, 0.5) is 5.69 Å². The van der Waals surface area contributed by atoms with E-state index in [1.54, 1.807) is 24.3 Å². The van der Waals surface area contributed by atoms with E-state index in [1.807, 2.05) is 0 Å². The molecule has 0 saturated carbocycles. The standard InChI is InChI=1S/C20H27N3O5.CH4/c1-2-3-4-10-21-17(24)13-28-14-18(25)22-16-7-5-15(6-8-16)12-20(27)23-11-9-19(23)26;/h5-8H,2-4,9-14H2,1H3,(H,21,24)(H,22,25);1H4. The van der Waals surface area contributed by atoms with Crippen molar-refractivity contribution in [3.05, 3.63) is 29.8 Å². The summed E-state index contributed by atoms with van der Waals surface area (Å²) in [5, 5.41) is 5.40. The fraction of sp³-hybridized carbons (Fsp3) is 0.524. The third-order valence-corrected chi connectivity index (χ3v) is 4.31. The van der Waals surface area contributed by atoms with Crippen molar-refractivity contribution in [2.75, 3.05) is 31.6 Å². The van der Waals surface area contributed by atoms with Gasteiger partial charge in [-0.3, -0.25) is 24.1 Å². The average molecular weight is 405 g/mol. The smallest absolute Gasteiger partial charge is 0.250 e. The Morgan fingerprint density at radius 3 is 2.34 bits per heavy atom. The van der Waals surface area contributed by atoms with Gasteiger partial charge >= 0.3 is 0 Å². The van der Waals surface area contributed by atoms with Crippen LogP contribution in [0.2, 0.25) is 0 Å². The summed E-state index contributed by atoms with van der Waals surface area (Å²) in [4.78, 5) is 47.8. The van der Waals surface area contributed by atoms with Crippen LogP contribution in [0.3, 0.4) is 0 Å². The Morgan fingerprint density at radius 2 is 1.76 bits per heavy atom. The number of nitrogens with one attached hydrogen (secondary N) is 2. The lowest BCUT2D eigenvalue weighted by atomic mass is 10.1. The van der Waals surface area contributed by atoms with Gasteiger partial charge < -0.3 is 15.4 Å². The largest absolute Gasteiger partial charge is 0.362 e. The predicted molar refractivity (Wildman–Crippen MR) is 110 cm³/mol. The maximum atomic E-state index is 11.9. The molecule has 1 aliphatic rings. The number of hydrogen-bond donors (Lipinski definition) is 2. The van der Waals surface area contributed by atoms with Crippen LogP contribution in [0.25, 0.3) is 0 Å².